The van der Waals surface area contributed by atoms with E-state index in [1.807, 2.05) is 0 Å². The van der Waals surface area contributed by atoms with Gasteiger partial charge >= 0.3 is 0 Å². The summed E-state index contributed by atoms with van der Waals surface area (Å²) in [6.07, 6.45) is -6.25. The second-order valence-corrected chi connectivity index (χ2v) is 6.20. The van der Waals surface area contributed by atoms with Gasteiger partial charge in [-0.05, 0) is 19.1 Å². The van der Waals surface area contributed by atoms with Crippen molar-refractivity contribution in [3.8, 4) is 0 Å². The Morgan fingerprint density at radius 3 is 2.10 bits per heavy atom. The van der Waals surface area contributed by atoms with Gasteiger partial charge in [0.2, 0.25) is 9.84 Å². The van der Waals surface area contributed by atoms with E-state index in [0.717, 1.165) is 5.56 Å². The van der Waals surface area contributed by atoms with Gasteiger partial charge in [0.25, 0.3) is 5.12 Å². The number of sulfone groups is 1. The Balaban J connectivity index is 3.03. The van der Waals surface area contributed by atoms with E-state index in [1.54, 1.807) is 6.92 Å². The molecule has 3 unspecified atom stereocenters. The molecule has 0 radical (unpaired) electrons. The van der Waals surface area contributed by atoms with Crippen molar-refractivity contribution in [1.29, 1.82) is 0 Å². The number of hydrogen-bond acceptors (Lipinski definition) is 7. The van der Waals surface area contributed by atoms with E-state index >= 15 is 0 Å². The first-order valence-corrected chi connectivity index (χ1v) is 7.20. The van der Waals surface area contributed by atoms with E-state index in [9.17, 15) is 23.4 Å². The predicted octanol–water partition coefficient (Wildman–Crippen LogP) is -1.63. The van der Waals surface area contributed by atoms with E-state index in [-0.39, 0.29) is 4.90 Å². The SMILES string of the molecule is Cc1ccc(S(=O)(=O)C(=O)C(O)C(O)C(O)CO)cc1. The fourth-order valence-corrected chi connectivity index (χ4v) is 2.63. The molecule has 1 aromatic rings. The van der Waals surface area contributed by atoms with Crippen LogP contribution in [0.25, 0.3) is 0 Å². The lowest BCUT2D eigenvalue weighted by atomic mass is 10.1. The van der Waals surface area contributed by atoms with Crippen LogP contribution in [0.4, 0.5) is 0 Å². The van der Waals surface area contributed by atoms with Gasteiger partial charge < -0.3 is 20.4 Å². The summed E-state index contributed by atoms with van der Waals surface area (Å²) < 4.78 is 23.9. The van der Waals surface area contributed by atoms with Crippen molar-refractivity contribution in [3.63, 3.8) is 0 Å². The highest BCUT2D eigenvalue weighted by Crippen LogP contribution is 2.16. The van der Waals surface area contributed by atoms with Crippen molar-refractivity contribution in [2.24, 2.45) is 0 Å². The van der Waals surface area contributed by atoms with Crippen LogP contribution in [0, 0.1) is 6.92 Å². The Labute approximate surface area is 116 Å². The first-order valence-electron chi connectivity index (χ1n) is 5.72. The summed E-state index contributed by atoms with van der Waals surface area (Å²) in [6.45, 7) is 0.810. The highest BCUT2D eigenvalue weighted by molar-refractivity contribution is 8.06. The normalized spacial score (nSPS) is 16.4. The highest BCUT2D eigenvalue weighted by Gasteiger charge is 2.38. The maximum Gasteiger partial charge on any atom is 0.282 e. The lowest BCUT2D eigenvalue weighted by molar-refractivity contribution is -0.132. The molecular weight excluding hydrogens is 288 g/mol. The van der Waals surface area contributed by atoms with E-state index in [2.05, 4.69) is 0 Å². The minimum absolute atomic E-state index is 0.321. The molecule has 20 heavy (non-hydrogen) atoms. The number of carbonyl (C=O) groups excluding carboxylic acids is 1. The van der Waals surface area contributed by atoms with Crippen LogP contribution in [-0.4, -0.2) is 58.9 Å². The summed E-state index contributed by atoms with van der Waals surface area (Å²) in [6, 6.07) is 5.35. The number of aliphatic hydroxyl groups excluding tert-OH is 4. The van der Waals surface area contributed by atoms with Crippen molar-refractivity contribution in [3.05, 3.63) is 29.8 Å². The molecule has 0 amide bonds. The van der Waals surface area contributed by atoms with Gasteiger partial charge in [0.05, 0.1) is 11.5 Å². The molecule has 0 saturated heterocycles. The highest BCUT2D eigenvalue weighted by atomic mass is 32.2. The minimum atomic E-state index is -4.48. The fourth-order valence-electron chi connectivity index (χ4n) is 1.45. The number of hydrogen-bond donors (Lipinski definition) is 4. The van der Waals surface area contributed by atoms with Crippen LogP contribution in [0.3, 0.4) is 0 Å². The van der Waals surface area contributed by atoms with Crippen LogP contribution in [0.1, 0.15) is 5.56 Å². The Bertz CT molecular complexity index is 564. The molecule has 0 fully saturated rings. The summed E-state index contributed by atoms with van der Waals surface area (Å²) in [5, 5.41) is 34.9. The summed E-state index contributed by atoms with van der Waals surface area (Å²) >= 11 is 0. The van der Waals surface area contributed by atoms with E-state index in [0.29, 0.717) is 0 Å². The van der Waals surface area contributed by atoms with Gasteiger partial charge in [-0.3, -0.25) is 4.79 Å². The van der Waals surface area contributed by atoms with Crippen molar-refractivity contribution in [2.45, 2.75) is 30.1 Å². The monoisotopic (exact) mass is 304 g/mol. The van der Waals surface area contributed by atoms with Crippen molar-refractivity contribution in [1.82, 2.24) is 0 Å². The first-order chi connectivity index (χ1) is 9.21. The third-order valence-electron chi connectivity index (χ3n) is 2.74. The van der Waals surface area contributed by atoms with Crippen LogP contribution >= 0.6 is 0 Å². The Kier molecular flexibility index (Phi) is 5.37. The maximum absolute atomic E-state index is 11.9. The molecule has 8 heteroatoms. The van der Waals surface area contributed by atoms with Gasteiger partial charge in [-0.15, -0.1) is 0 Å². The maximum atomic E-state index is 11.9. The standard InChI is InChI=1S/C12H16O7S/c1-7-2-4-8(5-3-7)20(18,19)12(17)11(16)10(15)9(14)6-13/h2-5,9-11,13-16H,6H2,1H3. The molecule has 0 aliphatic rings. The number of aliphatic hydroxyl groups is 4. The lowest BCUT2D eigenvalue weighted by Gasteiger charge is -2.20. The van der Waals surface area contributed by atoms with Gasteiger partial charge in [0.15, 0.2) is 6.10 Å². The molecule has 0 aromatic heterocycles. The molecule has 0 spiro atoms. The third kappa shape index (κ3) is 3.41. The molecule has 0 aliphatic carbocycles. The number of rotatable bonds is 5. The smallest absolute Gasteiger partial charge is 0.282 e. The summed E-state index contributed by atoms with van der Waals surface area (Å²) in [5.41, 5.74) is 0.785. The second kappa shape index (κ2) is 6.42. The van der Waals surface area contributed by atoms with Gasteiger partial charge in [-0.1, -0.05) is 17.7 Å². The molecule has 0 saturated carbocycles. The number of carbonyl (C=O) groups is 1. The van der Waals surface area contributed by atoms with Gasteiger partial charge in [-0.25, -0.2) is 8.42 Å². The lowest BCUT2D eigenvalue weighted by Crippen LogP contribution is -2.46. The van der Waals surface area contributed by atoms with E-state index in [1.165, 1.54) is 24.3 Å². The van der Waals surface area contributed by atoms with Crippen molar-refractivity contribution >= 4 is 15.0 Å². The van der Waals surface area contributed by atoms with E-state index < -0.39 is 39.9 Å². The van der Waals surface area contributed by atoms with Crippen LogP contribution in [-0.2, 0) is 14.6 Å². The molecule has 1 rings (SSSR count). The summed E-state index contributed by atoms with van der Waals surface area (Å²) in [7, 11) is -4.48. The zero-order valence-corrected chi connectivity index (χ0v) is 11.5. The minimum Gasteiger partial charge on any atom is -0.394 e. The Hall–Kier alpha value is -1.32. The average molecular weight is 304 g/mol. The second-order valence-electron chi connectivity index (χ2n) is 4.32. The van der Waals surface area contributed by atoms with Crippen LogP contribution in [0.15, 0.2) is 29.2 Å². The first kappa shape index (κ1) is 16.7. The number of aryl methyl sites for hydroxylation is 1. The third-order valence-corrected chi connectivity index (χ3v) is 4.41. The topological polar surface area (TPSA) is 132 Å². The van der Waals surface area contributed by atoms with Crippen molar-refractivity contribution in [2.75, 3.05) is 6.61 Å². The van der Waals surface area contributed by atoms with Crippen LogP contribution in [0.5, 0.6) is 0 Å². The Morgan fingerprint density at radius 2 is 1.65 bits per heavy atom. The van der Waals surface area contributed by atoms with Crippen molar-refractivity contribution < 1.29 is 33.6 Å². The quantitative estimate of drug-likeness (QED) is 0.513. The molecule has 4 N–H and O–H groups in total. The molecular formula is C12H16O7S. The zero-order valence-electron chi connectivity index (χ0n) is 10.7. The molecule has 0 bridgehead atoms. The average Bonchev–Trinajstić information content (AvgIpc) is 2.44. The summed E-state index contributed by atoms with van der Waals surface area (Å²) in [5.74, 6) is 0. The number of benzene rings is 1. The summed E-state index contributed by atoms with van der Waals surface area (Å²) in [4.78, 5) is 11.4. The molecule has 3 atom stereocenters. The van der Waals surface area contributed by atoms with Crippen LogP contribution < -0.4 is 0 Å². The molecule has 1 aromatic carbocycles. The van der Waals surface area contributed by atoms with E-state index in [4.69, 9.17) is 10.2 Å². The Morgan fingerprint density at radius 1 is 1.15 bits per heavy atom. The molecule has 7 nitrogen and oxygen atoms in total. The van der Waals surface area contributed by atoms with Gasteiger partial charge in [0.1, 0.15) is 12.2 Å². The molecule has 0 heterocycles. The predicted molar refractivity (Wildman–Crippen MR) is 68.5 cm³/mol. The van der Waals surface area contributed by atoms with Gasteiger partial charge in [-0.2, -0.15) is 0 Å². The molecule has 0 aliphatic heterocycles. The largest absolute Gasteiger partial charge is 0.394 e. The molecule has 112 valence electrons. The zero-order chi connectivity index (χ0) is 15.5. The van der Waals surface area contributed by atoms with Gasteiger partial charge in [0, 0.05) is 0 Å². The fraction of sp³-hybridized carbons (Fsp3) is 0.417. The van der Waals surface area contributed by atoms with Crippen LogP contribution in [0.2, 0.25) is 0 Å².